The summed E-state index contributed by atoms with van der Waals surface area (Å²) in [6.45, 7) is 4.15. The Bertz CT molecular complexity index is 608. The molecule has 0 radical (unpaired) electrons. The van der Waals surface area contributed by atoms with Crippen molar-refractivity contribution in [1.29, 1.82) is 0 Å². The maximum Gasteiger partial charge on any atom is 0.244 e. The van der Waals surface area contributed by atoms with E-state index in [1.165, 1.54) is 19.2 Å². The van der Waals surface area contributed by atoms with Crippen LogP contribution in [0, 0.1) is 11.7 Å². The average Bonchev–Trinajstić information content (AvgIpc) is 2.41. The first kappa shape index (κ1) is 18.6. The van der Waals surface area contributed by atoms with E-state index in [0.717, 1.165) is 4.31 Å². The summed E-state index contributed by atoms with van der Waals surface area (Å²) in [6.07, 6.45) is 0.501. The van der Waals surface area contributed by atoms with Crippen molar-refractivity contribution in [1.82, 2.24) is 4.31 Å². The molecular weight excluding hydrogens is 338 g/mol. The van der Waals surface area contributed by atoms with Crippen LogP contribution in [0.1, 0.15) is 20.3 Å². The predicted molar refractivity (Wildman–Crippen MR) is 83.7 cm³/mol. The minimum absolute atomic E-state index is 0.111. The van der Waals surface area contributed by atoms with E-state index in [0.29, 0.717) is 6.42 Å². The van der Waals surface area contributed by atoms with Gasteiger partial charge in [-0.1, -0.05) is 37.0 Å². The topological polar surface area (TPSA) is 63.4 Å². The van der Waals surface area contributed by atoms with Gasteiger partial charge >= 0.3 is 0 Å². The summed E-state index contributed by atoms with van der Waals surface area (Å²) >= 11 is 11.3. The Balaban J connectivity index is 2.98. The Hall–Kier alpha value is -0.400. The highest BCUT2D eigenvalue weighted by molar-refractivity contribution is 7.89. The molecule has 2 N–H and O–H groups in total. The van der Waals surface area contributed by atoms with Crippen molar-refractivity contribution in [3.8, 4) is 0 Å². The van der Waals surface area contributed by atoms with E-state index in [9.17, 15) is 12.8 Å². The number of sulfonamides is 1. The second-order valence-corrected chi connectivity index (χ2v) is 8.00. The summed E-state index contributed by atoms with van der Waals surface area (Å²) in [7, 11) is -2.48. The molecule has 0 saturated carbocycles. The second kappa shape index (κ2) is 7.24. The Morgan fingerprint density at radius 2 is 1.90 bits per heavy atom. The van der Waals surface area contributed by atoms with Crippen LogP contribution >= 0.6 is 23.2 Å². The lowest BCUT2D eigenvalue weighted by molar-refractivity contribution is 0.397. The summed E-state index contributed by atoms with van der Waals surface area (Å²) in [4.78, 5) is -0.299. The molecule has 0 heterocycles. The van der Waals surface area contributed by atoms with E-state index in [-0.39, 0.29) is 28.4 Å². The molecular formula is C13H19Cl2FN2O2S. The average molecular weight is 357 g/mol. The van der Waals surface area contributed by atoms with E-state index < -0.39 is 20.9 Å². The molecule has 0 aliphatic rings. The fourth-order valence-electron chi connectivity index (χ4n) is 1.66. The molecule has 1 atom stereocenters. The number of rotatable bonds is 6. The number of hydrogen-bond acceptors (Lipinski definition) is 3. The van der Waals surface area contributed by atoms with Gasteiger partial charge in [-0.15, -0.1) is 0 Å². The van der Waals surface area contributed by atoms with E-state index in [1.807, 2.05) is 13.8 Å². The van der Waals surface area contributed by atoms with Gasteiger partial charge in [-0.2, -0.15) is 0 Å². The quantitative estimate of drug-likeness (QED) is 0.796. The molecule has 0 aliphatic heterocycles. The van der Waals surface area contributed by atoms with E-state index in [2.05, 4.69) is 0 Å². The minimum Gasteiger partial charge on any atom is -0.327 e. The maximum absolute atomic E-state index is 13.6. The molecule has 1 unspecified atom stereocenters. The largest absolute Gasteiger partial charge is 0.327 e. The molecule has 0 fully saturated rings. The van der Waals surface area contributed by atoms with Crippen molar-refractivity contribution >= 4 is 33.2 Å². The van der Waals surface area contributed by atoms with Gasteiger partial charge in [0.2, 0.25) is 10.0 Å². The zero-order valence-corrected chi connectivity index (χ0v) is 14.4. The highest BCUT2D eigenvalue weighted by atomic mass is 35.5. The molecule has 21 heavy (non-hydrogen) atoms. The highest BCUT2D eigenvalue weighted by Gasteiger charge is 2.26. The van der Waals surface area contributed by atoms with Crippen molar-refractivity contribution in [3.63, 3.8) is 0 Å². The number of nitrogens with zero attached hydrogens (tertiary/aromatic N) is 1. The number of hydrogen-bond donors (Lipinski definition) is 1. The Morgan fingerprint density at radius 1 is 1.33 bits per heavy atom. The summed E-state index contributed by atoms with van der Waals surface area (Å²) in [5, 5.41) is -0.717. The van der Waals surface area contributed by atoms with Crippen molar-refractivity contribution in [2.24, 2.45) is 11.7 Å². The van der Waals surface area contributed by atoms with Crippen LogP contribution in [0.2, 0.25) is 10.0 Å². The molecule has 8 heteroatoms. The van der Waals surface area contributed by atoms with Crippen molar-refractivity contribution in [2.75, 3.05) is 13.6 Å². The van der Waals surface area contributed by atoms with E-state index >= 15 is 0 Å². The lowest BCUT2D eigenvalue weighted by Crippen LogP contribution is -2.34. The third kappa shape index (κ3) is 4.29. The van der Waals surface area contributed by atoms with Crippen LogP contribution in [0.15, 0.2) is 17.0 Å². The third-order valence-corrected chi connectivity index (χ3v) is 5.99. The first-order chi connectivity index (χ1) is 9.59. The van der Waals surface area contributed by atoms with Gasteiger partial charge in [-0.25, -0.2) is 17.1 Å². The van der Waals surface area contributed by atoms with Gasteiger partial charge in [0.1, 0.15) is 4.90 Å². The fraction of sp³-hybridized carbons (Fsp3) is 0.538. The maximum atomic E-state index is 13.6. The summed E-state index contributed by atoms with van der Waals surface area (Å²) in [5.74, 6) is -0.690. The lowest BCUT2D eigenvalue weighted by Gasteiger charge is -2.21. The molecule has 1 aromatic carbocycles. The molecule has 1 aromatic rings. The molecule has 1 rings (SSSR count). The lowest BCUT2D eigenvalue weighted by atomic mass is 10.0. The summed E-state index contributed by atoms with van der Waals surface area (Å²) < 4.78 is 39.5. The van der Waals surface area contributed by atoms with Gasteiger partial charge in [-0.05, 0) is 24.5 Å². The predicted octanol–water partition coefficient (Wildman–Crippen LogP) is 3.13. The van der Waals surface area contributed by atoms with Gasteiger partial charge in [0.25, 0.3) is 0 Å². The van der Waals surface area contributed by atoms with Gasteiger partial charge in [0.05, 0.1) is 10.0 Å². The van der Waals surface area contributed by atoms with Gasteiger partial charge in [-0.3, -0.25) is 0 Å². The normalized spacial score (nSPS) is 14.0. The summed E-state index contributed by atoms with van der Waals surface area (Å²) in [6, 6.07) is 2.26. The number of halogens is 3. The standard InChI is InChI=1S/C13H19Cl2FN2O2S/c1-8(2)10(17)6-7-18(3)21(19,20)11-5-4-9(14)13(16)12(11)15/h4-5,8,10H,6-7,17H2,1-3H3. The van der Waals surface area contributed by atoms with Crippen LogP contribution in [0.25, 0.3) is 0 Å². The second-order valence-electron chi connectivity index (χ2n) is 5.20. The first-order valence-electron chi connectivity index (χ1n) is 6.44. The highest BCUT2D eigenvalue weighted by Crippen LogP contribution is 2.31. The molecule has 0 spiro atoms. The Kier molecular flexibility index (Phi) is 6.43. The zero-order valence-electron chi connectivity index (χ0n) is 12.1. The summed E-state index contributed by atoms with van der Waals surface area (Å²) in [5.41, 5.74) is 5.90. The fourth-order valence-corrected chi connectivity index (χ4v) is 3.56. The van der Waals surface area contributed by atoms with E-state index in [1.54, 1.807) is 0 Å². The first-order valence-corrected chi connectivity index (χ1v) is 8.64. The van der Waals surface area contributed by atoms with Crippen LogP contribution in [0.5, 0.6) is 0 Å². The van der Waals surface area contributed by atoms with E-state index in [4.69, 9.17) is 28.9 Å². The van der Waals surface area contributed by atoms with Crippen molar-refractivity contribution < 1.29 is 12.8 Å². The molecule has 0 saturated heterocycles. The van der Waals surface area contributed by atoms with Crippen LogP contribution in [-0.2, 0) is 10.0 Å². The monoisotopic (exact) mass is 356 g/mol. The zero-order chi connectivity index (χ0) is 16.4. The van der Waals surface area contributed by atoms with Crippen molar-refractivity contribution in [2.45, 2.75) is 31.2 Å². The van der Waals surface area contributed by atoms with Crippen molar-refractivity contribution in [3.05, 3.63) is 28.0 Å². The molecule has 0 bridgehead atoms. The van der Waals surface area contributed by atoms with Gasteiger partial charge in [0.15, 0.2) is 5.82 Å². The SMILES string of the molecule is CC(C)C(N)CCN(C)S(=O)(=O)c1ccc(Cl)c(F)c1Cl. The molecule has 120 valence electrons. The Morgan fingerprint density at radius 3 is 2.43 bits per heavy atom. The Labute approximate surface area is 135 Å². The van der Waals surface area contributed by atoms with Gasteiger partial charge in [0, 0.05) is 19.6 Å². The number of nitrogens with two attached hydrogens (primary N) is 1. The molecule has 4 nitrogen and oxygen atoms in total. The van der Waals surface area contributed by atoms with Crippen LogP contribution in [0.3, 0.4) is 0 Å². The minimum atomic E-state index is -3.88. The van der Waals surface area contributed by atoms with Crippen LogP contribution < -0.4 is 5.73 Å². The van der Waals surface area contributed by atoms with Crippen LogP contribution in [-0.4, -0.2) is 32.4 Å². The smallest absolute Gasteiger partial charge is 0.244 e. The third-order valence-electron chi connectivity index (χ3n) is 3.32. The number of benzene rings is 1. The molecule has 0 aliphatic carbocycles. The van der Waals surface area contributed by atoms with Crippen LogP contribution in [0.4, 0.5) is 4.39 Å². The molecule has 0 aromatic heterocycles. The van der Waals surface area contributed by atoms with Gasteiger partial charge < -0.3 is 5.73 Å². The molecule has 0 amide bonds.